The van der Waals surface area contributed by atoms with Gasteiger partial charge in [0.2, 0.25) is 5.91 Å². The van der Waals surface area contributed by atoms with E-state index in [4.69, 9.17) is 8.83 Å². The predicted molar refractivity (Wildman–Crippen MR) is 86.8 cm³/mol. The normalized spacial score (nSPS) is 14.0. The highest BCUT2D eigenvalue weighted by Crippen LogP contribution is 2.32. The van der Waals surface area contributed by atoms with Gasteiger partial charge >= 0.3 is 0 Å². The molecule has 0 aliphatic heterocycles. The average Bonchev–Trinajstić information content (AvgIpc) is 3.33. The molecule has 0 aliphatic carbocycles. The highest BCUT2D eigenvalue weighted by Gasteiger charge is 2.35. The number of amides is 1. The highest BCUT2D eigenvalue weighted by molar-refractivity contribution is 7.10. The van der Waals surface area contributed by atoms with Crippen LogP contribution in [0.4, 0.5) is 0 Å². The van der Waals surface area contributed by atoms with Crippen LogP contribution >= 0.6 is 11.3 Å². The Hall–Kier alpha value is -2.57. The van der Waals surface area contributed by atoms with Gasteiger partial charge in [0, 0.05) is 16.5 Å². The molecule has 0 aromatic carbocycles. The number of carbonyl (C=O) groups is 1. The molecular formula is C17H15NO4S. The molecule has 1 atom stereocenters. The van der Waals surface area contributed by atoms with E-state index in [1.807, 2.05) is 11.4 Å². The van der Waals surface area contributed by atoms with E-state index in [1.54, 1.807) is 30.3 Å². The van der Waals surface area contributed by atoms with Crippen molar-refractivity contribution in [2.45, 2.75) is 5.60 Å². The van der Waals surface area contributed by atoms with Crippen molar-refractivity contribution in [3.05, 3.63) is 76.8 Å². The Morgan fingerprint density at radius 3 is 2.87 bits per heavy atom. The third-order valence-electron chi connectivity index (χ3n) is 3.35. The Kier molecular flexibility index (Phi) is 4.45. The maximum atomic E-state index is 12.0. The van der Waals surface area contributed by atoms with Crippen LogP contribution in [0.25, 0.3) is 6.08 Å². The first-order chi connectivity index (χ1) is 11.2. The summed E-state index contributed by atoms with van der Waals surface area (Å²) in [5.74, 6) is 0.0757. The molecule has 0 saturated carbocycles. The van der Waals surface area contributed by atoms with Gasteiger partial charge in [-0.15, -0.1) is 11.3 Å². The third kappa shape index (κ3) is 3.44. The van der Waals surface area contributed by atoms with Crippen LogP contribution in [-0.2, 0) is 10.4 Å². The van der Waals surface area contributed by atoms with E-state index >= 15 is 0 Å². The average molecular weight is 329 g/mol. The van der Waals surface area contributed by atoms with Gasteiger partial charge in [0.05, 0.1) is 25.3 Å². The van der Waals surface area contributed by atoms with Gasteiger partial charge in [0.15, 0.2) is 5.60 Å². The van der Waals surface area contributed by atoms with Crippen molar-refractivity contribution in [2.75, 3.05) is 6.54 Å². The van der Waals surface area contributed by atoms with Crippen molar-refractivity contribution < 1.29 is 18.7 Å². The Morgan fingerprint density at radius 2 is 2.22 bits per heavy atom. The predicted octanol–water partition coefficient (Wildman–Crippen LogP) is 3.00. The standard InChI is InChI=1S/C17H15NO4S/c19-16(6-5-13-7-9-21-11-13)18-12-17(20,14-3-1-8-22-14)15-4-2-10-23-15/h1-11,20H,12H2,(H,18,19)/b6-5+/t17-/m1/s1. The highest BCUT2D eigenvalue weighted by atomic mass is 32.1. The summed E-state index contributed by atoms with van der Waals surface area (Å²) in [5.41, 5.74) is -0.601. The first-order valence-corrected chi connectivity index (χ1v) is 7.85. The van der Waals surface area contributed by atoms with Crippen LogP contribution in [0.1, 0.15) is 16.2 Å². The molecular weight excluding hydrogens is 314 g/mol. The zero-order valence-electron chi connectivity index (χ0n) is 12.1. The largest absolute Gasteiger partial charge is 0.472 e. The summed E-state index contributed by atoms with van der Waals surface area (Å²) in [4.78, 5) is 12.7. The Balaban J connectivity index is 1.71. The quantitative estimate of drug-likeness (QED) is 0.682. The summed E-state index contributed by atoms with van der Waals surface area (Å²) in [6.45, 7) is 0.00951. The monoisotopic (exact) mass is 329 g/mol. The van der Waals surface area contributed by atoms with Gasteiger partial charge in [-0.3, -0.25) is 4.79 Å². The van der Waals surface area contributed by atoms with Crippen molar-refractivity contribution in [3.8, 4) is 0 Å². The topological polar surface area (TPSA) is 75.6 Å². The minimum absolute atomic E-state index is 0.00951. The lowest BCUT2D eigenvalue weighted by molar-refractivity contribution is -0.117. The van der Waals surface area contributed by atoms with Crippen molar-refractivity contribution in [2.24, 2.45) is 0 Å². The molecule has 0 unspecified atom stereocenters. The van der Waals surface area contributed by atoms with Crippen LogP contribution in [0, 0.1) is 0 Å². The minimum Gasteiger partial charge on any atom is -0.472 e. The van der Waals surface area contributed by atoms with Gasteiger partial charge in [-0.25, -0.2) is 0 Å². The number of nitrogens with one attached hydrogen (secondary N) is 1. The molecule has 0 bridgehead atoms. The molecule has 2 N–H and O–H groups in total. The molecule has 3 aromatic rings. The van der Waals surface area contributed by atoms with E-state index in [2.05, 4.69) is 5.32 Å². The zero-order chi connectivity index (χ0) is 16.1. The van der Waals surface area contributed by atoms with E-state index in [9.17, 15) is 9.90 Å². The maximum Gasteiger partial charge on any atom is 0.244 e. The fourth-order valence-electron chi connectivity index (χ4n) is 2.14. The lowest BCUT2D eigenvalue weighted by Crippen LogP contribution is -2.40. The third-order valence-corrected chi connectivity index (χ3v) is 4.37. The number of hydrogen-bond donors (Lipinski definition) is 2. The van der Waals surface area contributed by atoms with E-state index in [0.717, 1.165) is 5.56 Å². The summed E-state index contributed by atoms with van der Waals surface area (Å²) in [5, 5.41) is 15.6. The molecule has 0 spiro atoms. The number of carbonyl (C=O) groups excluding carboxylic acids is 1. The number of thiophene rings is 1. The molecule has 23 heavy (non-hydrogen) atoms. The summed E-state index contributed by atoms with van der Waals surface area (Å²) in [6, 6.07) is 8.78. The van der Waals surface area contributed by atoms with Crippen molar-refractivity contribution in [3.63, 3.8) is 0 Å². The van der Waals surface area contributed by atoms with Crippen molar-refractivity contribution in [1.29, 1.82) is 0 Å². The molecule has 6 heteroatoms. The van der Waals surface area contributed by atoms with Crippen molar-refractivity contribution >= 4 is 23.3 Å². The van der Waals surface area contributed by atoms with E-state index in [-0.39, 0.29) is 12.5 Å². The molecule has 3 aromatic heterocycles. The number of rotatable bonds is 6. The Labute approximate surface area is 136 Å². The summed E-state index contributed by atoms with van der Waals surface area (Å²) in [6.07, 6.45) is 7.59. The van der Waals surface area contributed by atoms with Gasteiger partial charge in [-0.2, -0.15) is 0 Å². The van der Waals surface area contributed by atoms with Gasteiger partial charge in [0.25, 0.3) is 0 Å². The first kappa shape index (κ1) is 15.3. The Morgan fingerprint density at radius 1 is 1.30 bits per heavy atom. The van der Waals surface area contributed by atoms with E-state index < -0.39 is 5.60 Å². The fourth-order valence-corrected chi connectivity index (χ4v) is 2.97. The molecule has 3 rings (SSSR count). The van der Waals surface area contributed by atoms with Crippen LogP contribution in [0.15, 0.2) is 69.4 Å². The zero-order valence-corrected chi connectivity index (χ0v) is 13.0. The van der Waals surface area contributed by atoms with E-state index in [0.29, 0.717) is 10.6 Å². The summed E-state index contributed by atoms with van der Waals surface area (Å²) < 4.78 is 10.3. The second-order valence-electron chi connectivity index (χ2n) is 4.92. The van der Waals surface area contributed by atoms with Gasteiger partial charge in [0.1, 0.15) is 5.76 Å². The van der Waals surface area contributed by atoms with Gasteiger partial charge < -0.3 is 19.3 Å². The molecule has 5 nitrogen and oxygen atoms in total. The number of aliphatic hydroxyl groups is 1. The van der Waals surface area contributed by atoms with Crippen molar-refractivity contribution in [1.82, 2.24) is 5.32 Å². The van der Waals surface area contributed by atoms with Crippen LogP contribution in [0.2, 0.25) is 0 Å². The molecule has 0 aliphatic rings. The smallest absolute Gasteiger partial charge is 0.244 e. The lowest BCUT2D eigenvalue weighted by atomic mass is 9.98. The summed E-state index contributed by atoms with van der Waals surface area (Å²) in [7, 11) is 0. The fraction of sp³-hybridized carbons (Fsp3) is 0.118. The number of hydrogen-bond acceptors (Lipinski definition) is 5. The molecule has 0 saturated heterocycles. The second-order valence-corrected chi connectivity index (χ2v) is 5.87. The molecule has 0 radical (unpaired) electrons. The van der Waals surface area contributed by atoms with E-state index in [1.165, 1.54) is 36.2 Å². The van der Waals surface area contributed by atoms with Gasteiger partial charge in [-0.05, 0) is 35.7 Å². The van der Waals surface area contributed by atoms with Crippen LogP contribution in [0.3, 0.4) is 0 Å². The first-order valence-electron chi connectivity index (χ1n) is 6.97. The molecule has 3 heterocycles. The summed E-state index contributed by atoms with van der Waals surface area (Å²) >= 11 is 1.40. The Bertz CT molecular complexity index is 724. The van der Waals surface area contributed by atoms with Crippen LogP contribution < -0.4 is 5.32 Å². The molecule has 0 fully saturated rings. The minimum atomic E-state index is -1.39. The molecule has 1 amide bonds. The van der Waals surface area contributed by atoms with Gasteiger partial charge in [-0.1, -0.05) is 6.07 Å². The SMILES string of the molecule is O=C(/C=C/c1ccoc1)NC[C@@](O)(c1ccco1)c1cccs1. The number of furan rings is 2. The maximum absolute atomic E-state index is 12.0. The van der Waals surface area contributed by atoms with Crippen LogP contribution in [0.5, 0.6) is 0 Å². The second kappa shape index (κ2) is 6.68. The van der Waals surface area contributed by atoms with Crippen LogP contribution in [-0.4, -0.2) is 17.6 Å². The molecule has 118 valence electrons. The lowest BCUT2D eigenvalue weighted by Gasteiger charge is -2.24.